The van der Waals surface area contributed by atoms with E-state index < -0.39 is 5.52 Å². The van der Waals surface area contributed by atoms with Crippen molar-refractivity contribution in [2.75, 3.05) is 17.3 Å². The molecule has 0 radical (unpaired) electrons. The lowest BCUT2D eigenvalue weighted by atomic mass is 10.4. The van der Waals surface area contributed by atoms with E-state index in [1.165, 1.54) is 0 Å². The molecule has 0 fully saturated rings. The van der Waals surface area contributed by atoms with Gasteiger partial charge in [-0.1, -0.05) is 0 Å². The minimum absolute atomic E-state index is 0.998. The van der Waals surface area contributed by atoms with Gasteiger partial charge in [0.25, 0.3) is 0 Å². The molecule has 0 unspecified atom stereocenters. The maximum atomic E-state index is 5.47. The van der Waals surface area contributed by atoms with Gasteiger partial charge in [0, 0.05) is 19.3 Å². The standard InChI is InChI=1S/C19H24O3S3Si/c1-26(23-14-8-17-5-2-11-20-17,24-15-9-18-6-3-12-21-18)25-16-10-19-7-4-13-22-19/h2-7,11-13H,8-10,14-16H2,1H3. The maximum Gasteiger partial charge on any atom is 0.234 e. The lowest BCUT2D eigenvalue weighted by molar-refractivity contribution is 0.517. The van der Waals surface area contributed by atoms with Gasteiger partial charge in [-0.3, -0.25) is 0 Å². The minimum Gasteiger partial charge on any atom is -0.469 e. The zero-order chi connectivity index (χ0) is 18.1. The van der Waals surface area contributed by atoms with E-state index in [-0.39, 0.29) is 0 Å². The Bertz CT molecular complexity index is 613. The van der Waals surface area contributed by atoms with Crippen LogP contribution in [0.15, 0.2) is 68.4 Å². The van der Waals surface area contributed by atoms with Gasteiger partial charge in [-0.15, -0.1) is 0 Å². The highest BCUT2D eigenvalue weighted by atomic mass is 32.8. The van der Waals surface area contributed by atoms with E-state index in [0.717, 1.165) is 53.8 Å². The number of hydrogen-bond donors (Lipinski definition) is 0. The first kappa shape index (κ1) is 19.9. The van der Waals surface area contributed by atoms with Crippen LogP contribution in [0.25, 0.3) is 0 Å². The van der Waals surface area contributed by atoms with E-state index in [1.807, 2.05) is 18.2 Å². The molecule has 0 atom stereocenters. The zero-order valence-corrected chi connectivity index (χ0v) is 18.3. The van der Waals surface area contributed by atoms with Crippen LogP contribution in [0.4, 0.5) is 0 Å². The minimum atomic E-state index is -1.52. The SMILES string of the molecule is C[Si](SCCc1ccco1)(SCCc1ccco1)SCCc1ccco1. The second-order valence-electron chi connectivity index (χ2n) is 5.90. The average Bonchev–Trinajstić information content (AvgIpc) is 3.39. The van der Waals surface area contributed by atoms with E-state index >= 15 is 0 Å². The van der Waals surface area contributed by atoms with Crippen LogP contribution in [0.3, 0.4) is 0 Å². The average molecular weight is 425 g/mol. The quantitative estimate of drug-likeness (QED) is 0.319. The summed E-state index contributed by atoms with van der Waals surface area (Å²) in [5.74, 6) is 6.56. The normalized spacial score (nSPS) is 11.9. The van der Waals surface area contributed by atoms with Gasteiger partial charge >= 0.3 is 0 Å². The topological polar surface area (TPSA) is 39.4 Å². The Morgan fingerprint density at radius 3 is 1.27 bits per heavy atom. The summed E-state index contributed by atoms with van der Waals surface area (Å²) in [6.07, 6.45) is 8.26. The maximum absolute atomic E-state index is 5.47. The first-order chi connectivity index (χ1) is 12.7. The molecule has 3 heterocycles. The first-order valence-corrected chi connectivity index (χ1v) is 16.4. The molecule has 0 aliphatic rings. The summed E-state index contributed by atoms with van der Waals surface area (Å²) in [6, 6.07) is 12.1. The summed E-state index contributed by atoms with van der Waals surface area (Å²) < 4.78 is 16.4. The Hall–Kier alpha value is -0.893. The lowest BCUT2D eigenvalue weighted by Crippen LogP contribution is -2.21. The zero-order valence-electron chi connectivity index (χ0n) is 14.9. The fourth-order valence-corrected chi connectivity index (χ4v) is 16.5. The Morgan fingerprint density at radius 1 is 0.654 bits per heavy atom. The summed E-state index contributed by atoms with van der Waals surface area (Å²) in [6.45, 7) is 2.47. The fraction of sp³-hybridized carbons (Fsp3) is 0.368. The molecule has 0 spiro atoms. The van der Waals surface area contributed by atoms with Crippen molar-refractivity contribution in [3.8, 4) is 0 Å². The van der Waals surface area contributed by atoms with Gasteiger partial charge in [-0.25, -0.2) is 0 Å². The molecule has 0 saturated heterocycles. The highest BCUT2D eigenvalue weighted by molar-refractivity contribution is 8.80. The first-order valence-electron chi connectivity index (χ1n) is 8.72. The predicted molar refractivity (Wildman–Crippen MR) is 116 cm³/mol. The van der Waals surface area contributed by atoms with E-state index in [4.69, 9.17) is 13.3 Å². The summed E-state index contributed by atoms with van der Waals surface area (Å²) >= 11 is 6.42. The molecule has 0 aliphatic heterocycles. The van der Waals surface area contributed by atoms with Gasteiger partial charge in [0.2, 0.25) is 5.52 Å². The Kier molecular flexibility index (Phi) is 7.98. The molecule has 0 amide bonds. The molecule has 3 aromatic rings. The van der Waals surface area contributed by atoms with Crippen LogP contribution in [-0.4, -0.2) is 22.8 Å². The van der Waals surface area contributed by atoms with Crippen LogP contribution in [0.5, 0.6) is 0 Å². The summed E-state index contributed by atoms with van der Waals surface area (Å²) in [7, 11) is 0. The van der Waals surface area contributed by atoms with Crippen LogP contribution in [-0.2, 0) is 19.3 Å². The second-order valence-corrected chi connectivity index (χ2v) is 22.0. The molecule has 0 saturated carbocycles. The monoisotopic (exact) mass is 424 g/mol. The fourth-order valence-electron chi connectivity index (χ4n) is 2.50. The van der Waals surface area contributed by atoms with Gasteiger partial charge in [0.15, 0.2) is 0 Å². The molecule has 3 rings (SSSR count). The number of furan rings is 3. The number of hydrogen-bond acceptors (Lipinski definition) is 6. The molecule has 0 aliphatic carbocycles. The molecule has 3 nitrogen and oxygen atoms in total. The highest BCUT2D eigenvalue weighted by Crippen LogP contribution is 2.42. The van der Waals surface area contributed by atoms with Crippen LogP contribution < -0.4 is 0 Å². The van der Waals surface area contributed by atoms with Gasteiger partial charge in [-0.05, 0) is 60.2 Å². The Morgan fingerprint density at radius 2 is 1.00 bits per heavy atom. The molecule has 26 heavy (non-hydrogen) atoms. The van der Waals surface area contributed by atoms with Crippen LogP contribution in [0.1, 0.15) is 17.3 Å². The van der Waals surface area contributed by atoms with Gasteiger partial charge in [0.1, 0.15) is 17.3 Å². The van der Waals surface area contributed by atoms with Gasteiger partial charge in [0.05, 0.1) is 18.8 Å². The van der Waals surface area contributed by atoms with E-state index in [1.54, 1.807) is 18.8 Å². The van der Waals surface area contributed by atoms with Gasteiger partial charge < -0.3 is 13.3 Å². The second kappa shape index (κ2) is 10.4. The van der Waals surface area contributed by atoms with Crippen LogP contribution in [0.2, 0.25) is 6.55 Å². The largest absolute Gasteiger partial charge is 0.469 e. The highest BCUT2D eigenvalue weighted by Gasteiger charge is 2.29. The van der Waals surface area contributed by atoms with Crippen molar-refractivity contribution in [1.29, 1.82) is 0 Å². The van der Waals surface area contributed by atoms with Crippen LogP contribution >= 0.6 is 33.6 Å². The molecule has 0 N–H and O–H groups in total. The molecule has 7 heteroatoms. The van der Waals surface area contributed by atoms with Crippen molar-refractivity contribution in [1.82, 2.24) is 0 Å². The molecular formula is C19H24O3S3Si. The predicted octanol–water partition coefficient (Wildman–Crippen LogP) is 6.26. The lowest BCUT2D eigenvalue weighted by Gasteiger charge is -2.25. The van der Waals surface area contributed by atoms with Crippen molar-refractivity contribution < 1.29 is 13.3 Å². The number of rotatable bonds is 12. The van der Waals surface area contributed by atoms with Crippen molar-refractivity contribution in [2.24, 2.45) is 0 Å². The van der Waals surface area contributed by atoms with E-state index in [9.17, 15) is 0 Å². The third-order valence-electron chi connectivity index (χ3n) is 3.88. The molecule has 0 bridgehead atoms. The number of aryl methyl sites for hydroxylation is 3. The van der Waals surface area contributed by atoms with Crippen molar-refractivity contribution in [3.63, 3.8) is 0 Å². The molecule has 3 aromatic heterocycles. The van der Waals surface area contributed by atoms with Crippen molar-refractivity contribution in [3.05, 3.63) is 72.5 Å². The van der Waals surface area contributed by atoms with Crippen molar-refractivity contribution in [2.45, 2.75) is 25.8 Å². The summed E-state index contributed by atoms with van der Waals surface area (Å²) in [5.41, 5.74) is -1.52. The molecule has 0 aromatic carbocycles. The third-order valence-corrected chi connectivity index (χ3v) is 19.6. The van der Waals surface area contributed by atoms with Gasteiger partial charge in [-0.2, -0.15) is 33.6 Å². The molecular weight excluding hydrogens is 400 g/mol. The van der Waals surface area contributed by atoms with Crippen molar-refractivity contribution >= 4 is 39.2 Å². The van der Waals surface area contributed by atoms with E-state index in [0.29, 0.717) is 0 Å². The third kappa shape index (κ3) is 6.68. The Labute approximate surface area is 167 Å². The van der Waals surface area contributed by atoms with Crippen LogP contribution in [0, 0.1) is 0 Å². The summed E-state index contributed by atoms with van der Waals surface area (Å²) in [4.78, 5) is 0. The van der Waals surface area contributed by atoms with E-state index in [2.05, 4.69) is 58.4 Å². The smallest absolute Gasteiger partial charge is 0.234 e. The molecule has 140 valence electrons. The Balaban J connectivity index is 1.47. The summed E-state index contributed by atoms with van der Waals surface area (Å²) in [5, 5.41) is 0.